The third-order valence-electron chi connectivity index (χ3n) is 3.64. The number of ether oxygens (including phenoxy) is 1. The van der Waals surface area contributed by atoms with Gasteiger partial charge in [0.25, 0.3) is 0 Å². The van der Waals surface area contributed by atoms with Crippen LogP contribution in [-0.2, 0) is 4.74 Å². The van der Waals surface area contributed by atoms with Gasteiger partial charge in [-0.25, -0.2) is 4.79 Å². The molecular formula is C17H25ClN2O2. The van der Waals surface area contributed by atoms with Gasteiger partial charge in [0.2, 0.25) is 0 Å². The fourth-order valence-electron chi connectivity index (χ4n) is 2.61. The molecule has 1 aliphatic heterocycles. The van der Waals surface area contributed by atoms with Crippen LogP contribution < -0.4 is 5.32 Å². The highest BCUT2D eigenvalue weighted by molar-refractivity contribution is 6.33. The predicted octanol–water partition coefficient (Wildman–Crippen LogP) is 4.46. The summed E-state index contributed by atoms with van der Waals surface area (Å²) in [5.41, 5.74) is 1.61. The molecule has 1 aromatic carbocycles. The first-order valence-corrected chi connectivity index (χ1v) is 8.13. The molecule has 1 aromatic rings. The number of hydrogen-bond donors (Lipinski definition) is 1. The maximum absolute atomic E-state index is 12.2. The number of benzene rings is 1. The minimum Gasteiger partial charge on any atom is -0.444 e. The number of para-hydroxylation sites is 1. The number of anilines is 1. The highest BCUT2D eigenvalue weighted by atomic mass is 35.5. The first kappa shape index (κ1) is 16.9. The lowest BCUT2D eigenvalue weighted by atomic mass is 10.0. The molecule has 0 bridgehead atoms. The summed E-state index contributed by atoms with van der Waals surface area (Å²) < 4.78 is 5.46. The Kier molecular flexibility index (Phi) is 5.22. The zero-order chi connectivity index (χ0) is 16.3. The number of nitrogens with one attached hydrogen (secondary N) is 1. The second kappa shape index (κ2) is 6.78. The highest BCUT2D eigenvalue weighted by Crippen LogP contribution is 2.27. The summed E-state index contributed by atoms with van der Waals surface area (Å²) in [6.07, 6.45) is 1.74. The van der Waals surface area contributed by atoms with E-state index in [1.807, 2.05) is 45.9 Å². The average molecular weight is 325 g/mol. The molecule has 1 unspecified atom stereocenters. The lowest BCUT2D eigenvalue weighted by molar-refractivity contribution is 0.0206. The number of halogens is 1. The molecule has 0 spiro atoms. The Hall–Kier alpha value is -1.42. The van der Waals surface area contributed by atoms with Crippen molar-refractivity contribution in [3.63, 3.8) is 0 Å². The van der Waals surface area contributed by atoms with Crippen LogP contribution in [0.15, 0.2) is 18.2 Å². The van der Waals surface area contributed by atoms with Crippen molar-refractivity contribution in [2.24, 2.45) is 0 Å². The summed E-state index contributed by atoms with van der Waals surface area (Å²) in [6, 6.07) is 6.05. The van der Waals surface area contributed by atoms with Crippen molar-refractivity contribution < 1.29 is 9.53 Å². The monoisotopic (exact) mass is 324 g/mol. The van der Waals surface area contributed by atoms with E-state index in [1.54, 1.807) is 4.90 Å². The van der Waals surface area contributed by atoms with Crippen molar-refractivity contribution in [3.05, 3.63) is 28.8 Å². The Morgan fingerprint density at radius 1 is 1.41 bits per heavy atom. The lowest BCUT2D eigenvalue weighted by Gasteiger charge is -2.35. The van der Waals surface area contributed by atoms with E-state index in [0.29, 0.717) is 6.54 Å². The SMILES string of the molecule is Cc1cccc(Cl)c1NC1CCCN(C(=O)OC(C)(C)C)C1. The van der Waals surface area contributed by atoms with Crippen LogP contribution in [0.2, 0.25) is 5.02 Å². The molecule has 1 atom stereocenters. The van der Waals surface area contributed by atoms with Gasteiger partial charge in [0.1, 0.15) is 5.60 Å². The number of aryl methyl sites for hydroxylation is 1. The van der Waals surface area contributed by atoms with Gasteiger partial charge in [-0.1, -0.05) is 23.7 Å². The molecule has 0 saturated carbocycles. The van der Waals surface area contributed by atoms with Gasteiger partial charge in [-0.3, -0.25) is 0 Å². The fraction of sp³-hybridized carbons (Fsp3) is 0.588. The van der Waals surface area contributed by atoms with E-state index in [2.05, 4.69) is 5.32 Å². The third kappa shape index (κ3) is 4.54. The van der Waals surface area contributed by atoms with Gasteiger partial charge in [-0.05, 0) is 52.2 Å². The van der Waals surface area contributed by atoms with Crippen LogP contribution in [0.5, 0.6) is 0 Å². The minimum absolute atomic E-state index is 0.194. The molecule has 1 saturated heterocycles. The van der Waals surface area contributed by atoms with Crippen LogP contribution >= 0.6 is 11.6 Å². The zero-order valence-corrected chi connectivity index (χ0v) is 14.5. The molecule has 0 aliphatic carbocycles. The fourth-order valence-corrected chi connectivity index (χ4v) is 2.88. The Labute approximate surface area is 137 Å². The molecule has 22 heavy (non-hydrogen) atoms. The summed E-state index contributed by atoms with van der Waals surface area (Å²) in [5, 5.41) is 4.20. The first-order valence-electron chi connectivity index (χ1n) is 7.76. The first-order chi connectivity index (χ1) is 10.3. The smallest absolute Gasteiger partial charge is 0.410 e. The molecule has 1 aliphatic rings. The van der Waals surface area contributed by atoms with Crippen molar-refractivity contribution in [2.45, 2.75) is 52.2 Å². The molecule has 1 fully saturated rings. The molecule has 0 aromatic heterocycles. The van der Waals surface area contributed by atoms with Crippen LogP contribution in [0.25, 0.3) is 0 Å². The van der Waals surface area contributed by atoms with Gasteiger partial charge < -0.3 is 15.0 Å². The van der Waals surface area contributed by atoms with Crippen molar-refractivity contribution >= 4 is 23.4 Å². The van der Waals surface area contributed by atoms with Crippen molar-refractivity contribution in [1.29, 1.82) is 0 Å². The summed E-state index contributed by atoms with van der Waals surface area (Å²) in [4.78, 5) is 14.0. The Bertz CT molecular complexity index is 520. The number of rotatable bonds is 2. The van der Waals surface area contributed by atoms with E-state index in [4.69, 9.17) is 16.3 Å². The molecule has 122 valence electrons. The topological polar surface area (TPSA) is 41.6 Å². The summed E-state index contributed by atoms with van der Waals surface area (Å²) in [6.45, 7) is 9.07. The lowest BCUT2D eigenvalue weighted by Crippen LogP contribution is -2.47. The van der Waals surface area contributed by atoms with E-state index in [0.717, 1.165) is 35.7 Å². The largest absolute Gasteiger partial charge is 0.444 e. The maximum Gasteiger partial charge on any atom is 0.410 e. The van der Waals surface area contributed by atoms with Crippen LogP contribution in [-0.4, -0.2) is 35.7 Å². The van der Waals surface area contributed by atoms with E-state index >= 15 is 0 Å². The molecule has 1 heterocycles. The van der Waals surface area contributed by atoms with Gasteiger partial charge in [-0.15, -0.1) is 0 Å². The summed E-state index contributed by atoms with van der Waals surface area (Å²) >= 11 is 6.27. The number of carbonyl (C=O) groups excluding carboxylic acids is 1. The molecule has 0 radical (unpaired) electrons. The number of likely N-dealkylation sites (tertiary alicyclic amines) is 1. The molecule has 2 rings (SSSR count). The third-order valence-corrected chi connectivity index (χ3v) is 3.96. The minimum atomic E-state index is -0.462. The van der Waals surface area contributed by atoms with Gasteiger partial charge in [0.05, 0.1) is 10.7 Å². The number of piperidine rings is 1. The summed E-state index contributed by atoms with van der Waals surface area (Å²) in [5.74, 6) is 0. The van der Waals surface area contributed by atoms with E-state index in [9.17, 15) is 4.79 Å². The molecule has 5 heteroatoms. The van der Waals surface area contributed by atoms with Crippen molar-refractivity contribution in [2.75, 3.05) is 18.4 Å². The molecule has 1 amide bonds. The maximum atomic E-state index is 12.2. The van der Waals surface area contributed by atoms with E-state index in [-0.39, 0.29) is 12.1 Å². The number of amides is 1. The van der Waals surface area contributed by atoms with E-state index < -0.39 is 5.60 Å². The van der Waals surface area contributed by atoms with Crippen LogP contribution in [0.1, 0.15) is 39.2 Å². The zero-order valence-electron chi connectivity index (χ0n) is 13.8. The standard InChI is InChI=1S/C17H25ClN2O2/c1-12-7-5-9-14(18)15(12)19-13-8-6-10-20(11-13)16(21)22-17(2,3)4/h5,7,9,13,19H,6,8,10-11H2,1-4H3. The van der Waals surface area contributed by atoms with Gasteiger partial charge in [0.15, 0.2) is 0 Å². The number of carbonyl (C=O) groups is 1. The Morgan fingerprint density at radius 3 is 2.77 bits per heavy atom. The molecule has 1 N–H and O–H groups in total. The molecule has 4 nitrogen and oxygen atoms in total. The van der Waals surface area contributed by atoms with E-state index in [1.165, 1.54) is 0 Å². The van der Waals surface area contributed by atoms with Crippen LogP contribution in [0.3, 0.4) is 0 Å². The van der Waals surface area contributed by atoms with Gasteiger partial charge in [0, 0.05) is 19.1 Å². The Balaban J connectivity index is 2.00. The normalized spacial score (nSPS) is 19.0. The second-order valence-electron chi connectivity index (χ2n) is 6.84. The second-order valence-corrected chi connectivity index (χ2v) is 7.25. The van der Waals surface area contributed by atoms with Crippen molar-refractivity contribution in [3.8, 4) is 0 Å². The van der Waals surface area contributed by atoms with Crippen LogP contribution in [0, 0.1) is 6.92 Å². The van der Waals surface area contributed by atoms with Gasteiger partial charge in [-0.2, -0.15) is 0 Å². The Morgan fingerprint density at radius 2 is 2.14 bits per heavy atom. The average Bonchev–Trinajstić information content (AvgIpc) is 2.41. The van der Waals surface area contributed by atoms with Gasteiger partial charge >= 0.3 is 6.09 Å². The predicted molar refractivity (Wildman–Crippen MR) is 90.6 cm³/mol. The highest BCUT2D eigenvalue weighted by Gasteiger charge is 2.27. The quantitative estimate of drug-likeness (QED) is 0.873. The summed E-state index contributed by atoms with van der Waals surface area (Å²) in [7, 11) is 0. The number of nitrogens with zero attached hydrogens (tertiary/aromatic N) is 1. The molecular weight excluding hydrogens is 300 g/mol. The number of hydrogen-bond acceptors (Lipinski definition) is 3. The van der Waals surface area contributed by atoms with Crippen molar-refractivity contribution in [1.82, 2.24) is 4.90 Å². The van der Waals surface area contributed by atoms with Crippen LogP contribution in [0.4, 0.5) is 10.5 Å².